The lowest BCUT2D eigenvalue weighted by Crippen LogP contribution is -2.36. The third kappa shape index (κ3) is 3.30. The van der Waals surface area contributed by atoms with E-state index in [-0.39, 0.29) is 23.7 Å². The Morgan fingerprint density at radius 3 is 2.47 bits per heavy atom. The summed E-state index contributed by atoms with van der Waals surface area (Å²) < 4.78 is 11.2. The van der Waals surface area contributed by atoms with Crippen molar-refractivity contribution in [2.45, 2.75) is 58.0 Å². The van der Waals surface area contributed by atoms with Gasteiger partial charge in [0, 0.05) is 13.0 Å². The summed E-state index contributed by atoms with van der Waals surface area (Å²) >= 11 is 0. The fourth-order valence-electron chi connectivity index (χ4n) is 2.83. The molecule has 100 valence electrons. The van der Waals surface area contributed by atoms with Gasteiger partial charge in [0.15, 0.2) is 0 Å². The number of hydrogen-bond donors (Lipinski definition) is 1. The Morgan fingerprint density at radius 1 is 1.47 bits per heavy atom. The number of aliphatic hydroxyl groups excluding tert-OH is 1. The van der Waals surface area contributed by atoms with Gasteiger partial charge < -0.3 is 14.6 Å². The van der Waals surface area contributed by atoms with Crippen LogP contribution >= 0.6 is 0 Å². The first-order valence-corrected chi connectivity index (χ1v) is 6.37. The van der Waals surface area contributed by atoms with Crippen LogP contribution in [0.15, 0.2) is 12.7 Å². The molecule has 6 atom stereocenters. The lowest BCUT2D eigenvalue weighted by molar-refractivity contribution is -0.0391. The summed E-state index contributed by atoms with van der Waals surface area (Å²) in [6.07, 6.45) is 2.46. The lowest BCUT2D eigenvalue weighted by atomic mass is 9.86. The maximum atomic E-state index is 9.66. The minimum absolute atomic E-state index is 0.0846. The molecule has 1 saturated heterocycles. The standard InChI is InChI=1S/C14H26O3/c1-7-9(2)8-14(5)13(17-14)10(3)12(16-6)11(4)15/h7,9-13,15H,1,8H2,2-6H3/t9-,10-,11-,12-,13-,14?/m1/s1. The average molecular weight is 242 g/mol. The van der Waals surface area contributed by atoms with Crippen LogP contribution in [-0.2, 0) is 9.47 Å². The Hall–Kier alpha value is -0.380. The summed E-state index contributed by atoms with van der Waals surface area (Å²) in [4.78, 5) is 0. The fourth-order valence-corrected chi connectivity index (χ4v) is 2.83. The largest absolute Gasteiger partial charge is 0.391 e. The molecule has 0 spiro atoms. The van der Waals surface area contributed by atoms with Gasteiger partial charge >= 0.3 is 0 Å². The van der Waals surface area contributed by atoms with E-state index in [1.807, 2.05) is 6.08 Å². The maximum Gasteiger partial charge on any atom is 0.0929 e. The third-order valence-corrected chi connectivity index (χ3v) is 3.81. The molecule has 0 saturated carbocycles. The van der Waals surface area contributed by atoms with Gasteiger partial charge in [0.2, 0.25) is 0 Å². The summed E-state index contributed by atoms with van der Waals surface area (Å²) in [5, 5.41) is 9.66. The molecule has 1 fully saturated rings. The number of hydrogen-bond acceptors (Lipinski definition) is 3. The van der Waals surface area contributed by atoms with E-state index in [1.165, 1.54) is 0 Å². The summed E-state index contributed by atoms with van der Waals surface area (Å²) in [5.41, 5.74) is -0.0846. The van der Waals surface area contributed by atoms with E-state index >= 15 is 0 Å². The SMILES string of the molecule is C=C[C@@H](C)CC1(C)O[C@@H]1[C@H](C)[C@@H](OC)[C@@H](C)O. The quantitative estimate of drug-likeness (QED) is 0.550. The predicted octanol–water partition coefficient (Wildman–Crippen LogP) is 2.39. The van der Waals surface area contributed by atoms with Crippen LogP contribution < -0.4 is 0 Å². The second-order valence-corrected chi connectivity index (χ2v) is 5.57. The van der Waals surface area contributed by atoms with Crippen molar-refractivity contribution < 1.29 is 14.6 Å². The second kappa shape index (κ2) is 5.51. The Bertz CT molecular complexity index is 264. The van der Waals surface area contributed by atoms with Gasteiger partial charge in [0.05, 0.1) is 23.9 Å². The topological polar surface area (TPSA) is 42.0 Å². The Kier molecular flexibility index (Phi) is 4.76. The van der Waals surface area contributed by atoms with Crippen molar-refractivity contribution in [3.05, 3.63) is 12.7 Å². The van der Waals surface area contributed by atoms with Gasteiger partial charge in [-0.1, -0.05) is 19.9 Å². The Morgan fingerprint density at radius 2 is 2.06 bits per heavy atom. The molecule has 0 aliphatic carbocycles. The Labute approximate surface area is 105 Å². The van der Waals surface area contributed by atoms with Crippen molar-refractivity contribution in [3.8, 4) is 0 Å². The van der Waals surface area contributed by atoms with Crippen LogP contribution in [0.25, 0.3) is 0 Å². The van der Waals surface area contributed by atoms with Crippen molar-refractivity contribution in [2.75, 3.05) is 7.11 Å². The van der Waals surface area contributed by atoms with Crippen LogP contribution in [0, 0.1) is 11.8 Å². The van der Waals surface area contributed by atoms with Crippen LogP contribution in [0.5, 0.6) is 0 Å². The molecule has 3 nitrogen and oxygen atoms in total. The van der Waals surface area contributed by atoms with Gasteiger partial charge in [-0.2, -0.15) is 0 Å². The van der Waals surface area contributed by atoms with Crippen molar-refractivity contribution in [1.29, 1.82) is 0 Å². The highest BCUT2D eigenvalue weighted by molar-refractivity contribution is 5.05. The van der Waals surface area contributed by atoms with Gasteiger partial charge in [-0.3, -0.25) is 0 Å². The van der Waals surface area contributed by atoms with Crippen molar-refractivity contribution >= 4 is 0 Å². The first-order chi connectivity index (χ1) is 7.85. The number of ether oxygens (including phenoxy) is 2. The van der Waals surface area contributed by atoms with Crippen molar-refractivity contribution in [1.82, 2.24) is 0 Å². The molecular formula is C14H26O3. The molecule has 1 rings (SSSR count). The molecule has 1 unspecified atom stereocenters. The summed E-state index contributed by atoms with van der Waals surface area (Å²) in [7, 11) is 1.64. The van der Waals surface area contributed by atoms with Gasteiger partial charge in [0.1, 0.15) is 0 Å². The number of epoxide rings is 1. The first kappa shape index (κ1) is 14.7. The molecule has 0 aromatic heterocycles. The minimum Gasteiger partial charge on any atom is -0.391 e. The van der Waals surface area contributed by atoms with Crippen molar-refractivity contribution in [2.24, 2.45) is 11.8 Å². The zero-order valence-electron chi connectivity index (χ0n) is 11.6. The normalized spacial score (nSPS) is 34.8. The molecule has 1 aliphatic rings. The minimum atomic E-state index is -0.472. The van der Waals surface area contributed by atoms with E-state index in [9.17, 15) is 5.11 Å². The molecule has 1 aliphatic heterocycles. The predicted molar refractivity (Wildman–Crippen MR) is 68.9 cm³/mol. The van der Waals surface area contributed by atoms with Crippen LogP contribution in [0.4, 0.5) is 0 Å². The molecule has 1 heterocycles. The van der Waals surface area contributed by atoms with Gasteiger partial charge in [-0.05, 0) is 26.2 Å². The second-order valence-electron chi connectivity index (χ2n) is 5.57. The van der Waals surface area contributed by atoms with E-state index in [1.54, 1.807) is 14.0 Å². The fraction of sp³-hybridized carbons (Fsp3) is 0.857. The van der Waals surface area contributed by atoms with Crippen LogP contribution in [0.1, 0.15) is 34.1 Å². The summed E-state index contributed by atoms with van der Waals surface area (Å²) in [5.74, 6) is 0.645. The van der Waals surface area contributed by atoms with Gasteiger partial charge in [-0.15, -0.1) is 6.58 Å². The van der Waals surface area contributed by atoms with Crippen molar-refractivity contribution in [3.63, 3.8) is 0 Å². The van der Waals surface area contributed by atoms with Crippen LogP contribution in [-0.4, -0.2) is 36.1 Å². The first-order valence-electron chi connectivity index (χ1n) is 6.37. The molecule has 0 bridgehead atoms. The molecule has 0 aromatic carbocycles. The van der Waals surface area contributed by atoms with Crippen LogP contribution in [0.3, 0.4) is 0 Å². The molecule has 0 aromatic rings. The zero-order valence-corrected chi connectivity index (χ0v) is 11.6. The smallest absolute Gasteiger partial charge is 0.0929 e. The molecule has 3 heteroatoms. The summed E-state index contributed by atoms with van der Waals surface area (Å²) in [6, 6.07) is 0. The maximum absolute atomic E-state index is 9.66. The third-order valence-electron chi connectivity index (χ3n) is 3.81. The Balaban J connectivity index is 2.56. The monoisotopic (exact) mass is 242 g/mol. The summed E-state index contributed by atoms with van der Waals surface area (Å²) in [6.45, 7) is 11.9. The van der Waals surface area contributed by atoms with E-state index in [0.717, 1.165) is 6.42 Å². The number of aliphatic hydroxyl groups is 1. The highest BCUT2D eigenvalue weighted by atomic mass is 16.6. The lowest BCUT2D eigenvalue weighted by Gasteiger charge is -2.25. The molecule has 1 N–H and O–H groups in total. The van der Waals surface area contributed by atoms with Gasteiger partial charge in [-0.25, -0.2) is 0 Å². The molecular weight excluding hydrogens is 216 g/mol. The van der Waals surface area contributed by atoms with Gasteiger partial charge in [0.25, 0.3) is 0 Å². The molecule has 0 amide bonds. The number of allylic oxidation sites excluding steroid dienone is 1. The van der Waals surface area contributed by atoms with Crippen LogP contribution in [0.2, 0.25) is 0 Å². The van der Waals surface area contributed by atoms with E-state index in [4.69, 9.17) is 9.47 Å². The highest BCUT2D eigenvalue weighted by Gasteiger charge is 2.56. The van der Waals surface area contributed by atoms with E-state index in [0.29, 0.717) is 5.92 Å². The van der Waals surface area contributed by atoms with E-state index in [2.05, 4.69) is 27.4 Å². The zero-order chi connectivity index (χ0) is 13.2. The number of methoxy groups -OCH3 is 1. The van der Waals surface area contributed by atoms with E-state index < -0.39 is 6.10 Å². The molecule has 0 radical (unpaired) electrons. The number of rotatable bonds is 7. The molecule has 17 heavy (non-hydrogen) atoms. The average Bonchev–Trinajstić information content (AvgIpc) is 2.90. The highest BCUT2D eigenvalue weighted by Crippen LogP contribution is 2.47.